The van der Waals surface area contributed by atoms with Crippen LogP contribution in [0.2, 0.25) is 0 Å². The lowest BCUT2D eigenvalue weighted by Gasteiger charge is -2.02. The van der Waals surface area contributed by atoms with Gasteiger partial charge in [-0.2, -0.15) is 15.4 Å². The topological polar surface area (TPSA) is 116 Å². The number of aromatic amines is 2. The van der Waals surface area contributed by atoms with Gasteiger partial charge in [-0.05, 0) is 24.3 Å². The fraction of sp³-hybridized carbons (Fsp3) is 0.0769. The molecule has 0 unspecified atom stereocenters. The summed E-state index contributed by atoms with van der Waals surface area (Å²) in [5.41, 5.74) is 2.09. The molecule has 0 aliphatic heterocycles. The summed E-state index contributed by atoms with van der Waals surface area (Å²) in [5.74, 6) is -0.551. The minimum Gasteiger partial charge on any atom is -0.354 e. The molecule has 0 atom stereocenters. The molecule has 0 spiro atoms. The normalized spacial score (nSPS) is 10.5. The lowest BCUT2D eigenvalue weighted by molar-refractivity contribution is 0.0958. The van der Waals surface area contributed by atoms with Gasteiger partial charge in [-0.25, -0.2) is 0 Å². The Morgan fingerprint density at radius 3 is 2.76 bits per heavy atom. The maximum absolute atomic E-state index is 11.9. The first-order chi connectivity index (χ1) is 10.2. The summed E-state index contributed by atoms with van der Waals surface area (Å²) in [7, 11) is 1.57. The Morgan fingerprint density at radius 1 is 1.19 bits per heavy atom. The zero-order valence-corrected chi connectivity index (χ0v) is 11.1. The van der Waals surface area contributed by atoms with Gasteiger partial charge in [0.2, 0.25) is 0 Å². The number of amides is 2. The number of nitrogens with one attached hydrogen (secondary N) is 4. The van der Waals surface area contributed by atoms with Crippen LogP contribution >= 0.6 is 0 Å². The summed E-state index contributed by atoms with van der Waals surface area (Å²) in [6.07, 6.45) is 1.34. The van der Waals surface area contributed by atoms with Gasteiger partial charge >= 0.3 is 0 Å². The average molecular weight is 284 g/mol. The SMILES string of the molecule is CNC(=O)c1cc2cc(NC(=O)c3cn[nH]n3)ccc2[nH]1. The molecule has 0 fully saturated rings. The van der Waals surface area contributed by atoms with Crippen LogP contribution in [0.4, 0.5) is 5.69 Å². The van der Waals surface area contributed by atoms with E-state index >= 15 is 0 Å². The Kier molecular flexibility index (Phi) is 3.11. The molecule has 0 bridgehead atoms. The Hall–Kier alpha value is -3.16. The summed E-state index contributed by atoms with van der Waals surface area (Å²) < 4.78 is 0. The van der Waals surface area contributed by atoms with E-state index in [4.69, 9.17) is 0 Å². The van der Waals surface area contributed by atoms with E-state index in [1.54, 1.807) is 31.3 Å². The predicted octanol–water partition coefficient (Wildman–Crippen LogP) is 0.898. The minimum atomic E-state index is -0.356. The Labute approximate surface area is 118 Å². The fourth-order valence-corrected chi connectivity index (χ4v) is 1.97. The van der Waals surface area contributed by atoms with Crippen molar-refractivity contribution in [2.75, 3.05) is 12.4 Å². The molecule has 4 N–H and O–H groups in total. The van der Waals surface area contributed by atoms with Crippen LogP contribution in [0.5, 0.6) is 0 Å². The zero-order chi connectivity index (χ0) is 14.8. The van der Waals surface area contributed by atoms with Gasteiger partial charge in [0, 0.05) is 23.6 Å². The van der Waals surface area contributed by atoms with Gasteiger partial charge in [0.15, 0.2) is 5.69 Å². The van der Waals surface area contributed by atoms with Gasteiger partial charge < -0.3 is 15.6 Å². The monoisotopic (exact) mass is 284 g/mol. The summed E-state index contributed by atoms with van der Waals surface area (Å²) in [5, 5.41) is 15.8. The molecular formula is C13H12N6O2. The van der Waals surface area contributed by atoms with Crippen molar-refractivity contribution < 1.29 is 9.59 Å². The quantitative estimate of drug-likeness (QED) is 0.571. The van der Waals surface area contributed by atoms with Crippen LogP contribution in [-0.4, -0.2) is 39.3 Å². The first-order valence-electron chi connectivity index (χ1n) is 6.19. The number of benzene rings is 1. The largest absolute Gasteiger partial charge is 0.354 e. The van der Waals surface area contributed by atoms with Crippen molar-refractivity contribution >= 4 is 28.4 Å². The van der Waals surface area contributed by atoms with E-state index in [9.17, 15) is 9.59 Å². The maximum atomic E-state index is 11.9. The number of carbonyl (C=O) groups excluding carboxylic acids is 2. The second kappa shape index (κ2) is 5.08. The number of rotatable bonds is 3. The third-order valence-electron chi connectivity index (χ3n) is 3.00. The van der Waals surface area contributed by atoms with Crippen molar-refractivity contribution in [3.8, 4) is 0 Å². The molecule has 0 saturated heterocycles. The predicted molar refractivity (Wildman–Crippen MR) is 76.0 cm³/mol. The molecule has 8 nitrogen and oxygen atoms in total. The number of hydrogen-bond acceptors (Lipinski definition) is 4. The molecule has 106 valence electrons. The first kappa shape index (κ1) is 12.9. The smallest absolute Gasteiger partial charge is 0.277 e. The Balaban J connectivity index is 1.87. The molecule has 0 radical (unpaired) electrons. The van der Waals surface area contributed by atoms with E-state index in [1.165, 1.54) is 6.20 Å². The van der Waals surface area contributed by atoms with Crippen molar-refractivity contribution in [3.05, 3.63) is 41.9 Å². The van der Waals surface area contributed by atoms with Crippen LogP contribution in [0.3, 0.4) is 0 Å². The molecule has 3 rings (SSSR count). The average Bonchev–Trinajstić information content (AvgIpc) is 3.15. The molecule has 2 amide bonds. The second-order valence-corrected chi connectivity index (χ2v) is 4.37. The van der Waals surface area contributed by atoms with Gasteiger partial charge in [0.1, 0.15) is 5.69 Å². The van der Waals surface area contributed by atoms with E-state index in [2.05, 4.69) is 31.0 Å². The van der Waals surface area contributed by atoms with Crippen LogP contribution < -0.4 is 10.6 Å². The highest BCUT2D eigenvalue weighted by Gasteiger charge is 2.11. The highest BCUT2D eigenvalue weighted by atomic mass is 16.2. The molecular weight excluding hydrogens is 272 g/mol. The molecule has 0 saturated carbocycles. The van der Waals surface area contributed by atoms with Crippen LogP contribution in [0, 0.1) is 0 Å². The number of nitrogens with zero attached hydrogens (tertiary/aromatic N) is 2. The van der Waals surface area contributed by atoms with E-state index in [1.807, 2.05) is 0 Å². The van der Waals surface area contributed by atoms with Crippen molar-refractivity contribution in [1.82, 2.24) is 25.7 Å². The minimum absolute atomic E-state index is 0.195. The van der Waals surface area contributed by atoms with Crippen molar-refractivity contribution in [1.29, 1.82) is 0 Å². The van der Waals surface area contributed by atoms with E-state index in [-0.39, 0.29) is 17.5 Å². The van der Waals surface area contributed by atoms with Crippen molar-refractivity contribution in [2.45, 2.75) is 0 Å². The van der Waals surface area contributed by atoms with Crippen LogP contribution in [0.15, 0.2) is 30.5 Å². The summed E-state index contributed by atoms with van der Waals surface area (Å²) >= 11 is 0. The van der Waals surface area contributed by atoms with Crippen molar-refractivity contribution in [3.63, 3.8) is 0 Å². The number of H-pyrrole nitrogens is 2. The molecule has 2 heterocycles. The van der Waals surface area contributed by atoms with Gasteiger partial charge in [-0.1, -0.05) is 0 Å². The van der Waals surface area contributed by atoms with Gasteiger partial charge in [0.05, 0.1) is 6.20 Å². The van der Waals surface area contributed by atoms with Crippen LogP contribution in [0.25, 0.3) is 10.9 Å². The number of hydrogen-bond donors (Lipinski definition) is 4. The highest BCUT2D eigenvalue weighted by Crippen LogP contribution is 2.20. The molecule has 1 aromatic carbocycles. The third-order valence-corrected chi connectivity index (χ3v) is 3.00. The summed E-state index contributed by atoms with van der Waals surface area (Å²) in [6.45, 7) is 0. The second-order valence-electron chi connectivity index (χ2n) is 4.37. The maximum Gasteiger partial charge on any atom is 0.277 e. The lowest BCUT2D eigenvalue weighted by Crippen LogP contribution is -2.17. The number of aromatic nitrogens is 4. The van der Waals surface area contributed by atoms with Gasteiger partial charge in [-0.15, -0.1) is 0 Å². The van der Waals surface area contributed by atoms with E-state index < -0.39 is 0 Å². The zero-order valence-electron chi connectivity index (χ0n) is 11.1. The Bertz CT molecular complexity index is 805. The first-order valence-corrected chi connectivity index (χ1v) is 6.19. The molecule has 8 heteroatoms. The molecule has 0 aliphatic rings. The molecule has 2 aromatic heterocycles. The van der Waals surface area contributed by atoms with Crippen LogP contribution in [-0.2, 0) is 0 Å². The Morgan fingerprint density at radius 2 is 2.05 bits per heavy atom. The lowest BCUT2D eigenvalue weighted by atomic mass is 10.2. The van der Waals surface area contributed by atoms with Gasteiger partial charge in [0.25, 0.3) is 11.8 Å². The summed E-state index contributed by atoms with van der Waals surface area (Å²) in [6, 6.07) is 7.03. The standard InChI is InChI=1S/C13H12N6O2/c1-14-12(20)10-5-7-4-8(2-3-9(7)17-10)16-13(21)11-6-15-19-18-11/h2-6,17H,1H3,(H,14,20)(H,16,21)(H,15,18,19). The molecule has 3 aromatic rings. The number of fused-ring (bicyclic) bond motifs is 1. The van der Waals surface area contributed by atoms with Crippen molar-refractivity contribution in [2.24, 2.45) is 0 Å². The van der Waals surface area contributed by atoms with E-state index in [0.29, 0.717) is 11.4 Å². The fourth-order valence-electron chi connectivity index (χ4n) is 1.97. The highest BCUT2D eigenvalue weighted by molar-refractivity contribution is 6.04. The van der Waals surface area contributed by atoms with Gasteiger partial charge in [-0.3, -0.25) is 9.59 Å². The summed E-state index contributed by atoms with van der Waals surface area (Å²) in [4.78, 5) is 26.4. The van der Waals surface area contributed by atoms with E-state index in [0.717, 1.165) is 10.9 Å². The third kappa shape index (κ3) is 2.46. The number of carbonyl (C=O) groups is 2. The molecule has 21 heavy (non-hydrogen) atoms. The molecule has 0 aliphatic carbocycles. The number of anilines is 1. The van der Waals surface area contributed by atoms with Crippen LogP contribution in [0.1, 0.15) is 21.0 Å².